The number of fused-ring (bicyclic) bond motifs is 1. The van der Waals surface area contributed by atoms with Crippen molar-refractivity contribution >= 4 is 26.7 Å². The number of nitrogens with zero attached hydrogens (tertiary/aromatic N) is 1. The van der Waals surface area contributed by atoms with Gasteiger partial charge in [0.15, 0.2) is 0 Å². The highest BCUT2D eigenvalue weighted by Crippen LogP contribution is 2.16. The maximum atomic E-state index is 11.9. The van der Waals surface area contributed by atoms with E-state index < -0.39 is 10.0 Å². The van der Waals surface area contributed by atoms with Gasteiger partial charge in [-0.15, -0.1) is 0 Å². The Bertz CT molecular complexity index is 817. The highest BCUT2D eigenvalue weighted by atomic mass is 32.2. The first kappa shape index (κ1) is 16.0. The van der Waals surface area contributed by atoms with Crippen LogP contribution in [0.3, 0.4) is 0 Å². The minimum absolute atomic E-state index is 0.0694. The van der Waals surface area contributed by atoms with Crippen molar-refractivity contribution in [3.63, 3.8) is 0 Å². The third-order valence-electron chi connectivity index (χ3n) is 4.07. The summed E-state index contributed by atoms with van der Waals surface area (Å²) >= 11 is 0. The zero-order valence-corrected chi connectivity index (χ0v) is 13.7. The van der Waals surface area contributed by atoms with Gasteiger partial charge in [-0.05, 0) is 29.2 Å². The van der Waals surface area contributed by atoms with Gasteiger partial charge in [0.05, 0.1) is 12.3 Å². The summed E-state index contributed by atoms with van der Waals surface area (Å²) in [4.78, 5) is 11.9. The monoisotopic (exact) mass is 332 g/mol. The standard InChI is InChI=1S/C17H20N2O3S/c20-17(13-19-10-3-11-23(19,21)22)18-9-8-14-6-7-15-4-1-2-5-16(15)12-14/h1-2,4-7,12H,3,8-11,13H2,(H,18,20). The Morgan fingerprint density at radius 1 is 1.13 bits per heavy atom. The molecule has 0 radical (unpaired) electrons. The molecular weight excluding hydrogens is 312 g/mol. The lowest BCUT2D eigenvalue weighted by Crippen LogP contribution is -2.38. The molecule has 1 aliphatic rings. The van der Waals surface area contributed by atoms with E-state index in [-0.39, 0.29) is 18.2 Å². The number of hydrogen-bond acceptors (Lipinski definition) is 3. The number of carbonyl (C=O) groups excluding carboxylic acids is 1. The van der Waals surface area contributed by atoms with E-state index in [2.05, 4.69) is 35.6 Å². The first-order valence-corrected chi connectivity index (χ1v) is 9.38. The maximum Gasteiger partial charge on any atom is 0.235 e. The summed E-state index contributed by atoms with van der Waals surface area (Å²) in [5.41, 5.74) is 1.15. The highest BCUT2D eigenvalue weighted by molar-refractivity contribution is 7.89. The lowest BCUT2D eigenvalue weighted by atomic mass is 10.1. The van der Waals surface area contributed by atoms with Crippen LogP contribution in [0.25, 0.3) is 10.8 Å². The Morgan fingerprint density at radius 3 is 2.65 bits per heavy atom. The van der Waals surface area contributed by atoms with Gasteiger partial charge in [-0.3, -0.25) is 4.79 Å². The van der Waals surface area contributed by atoms with Crippen molar-refractivity contribution in [2.24, 2.45) is 0 Å². The molecule has 2 aromatic rings. The topological polar surface area (TPSA) is 66.5 Å². The molecule has 1 amide bonds. The molecule has 0 spiro atoms. The first-order chi connectivity index (χ1) is 11.0. The van der Waals surface area contributed by atoms with E-state index in [0.717, 1.165) is 12.0 Å². The van der Waals surface area contributed by atoms with E-state index in [4.69, 9.17) is 0 Å². The third kappa shape index (κ3) is 3.89. The number of sulfonamides is 1. The van der Waals surface area contributed by atoms with Crippen LogP contribution in [-0.2, 0) is 21.2 Å². The van der Waals surface area contributed by atoms with Gasteiger partial charge in [-0.1, -0.05) is 42.5 Å². The summed E-state index contributed by atoms with van der Waals surface area (Å²) in [6, 6.07) is 14.4. The zero-order chi connectivity index (χ0) is 16.3. The number of hydrogen-bond donors (Lipinski definition) is 1. The smallest absolute Gasteiger partial charge is 0.235 e. The fourth-order valence-electron chi connectivity index (χ4n) is 2.83. The average Bonchev–Trinajstić information content (AvgIpc) is 2.86. The minimum Gasteiger partial charge on any atom is -0.355 e. The summed E-state index contributed by atoms with van der Waals surface area (Å²) < 4.78 is 24.6. The second-order valence-electron chi connectivity index (χ2n) is 5.78. The van der Waals surface area contributed by atoms with Crippen molar-refractivity contribution < 1.29 is 13.2 Å². The molecule has 0 saturated carbocycles. The van der Waals surface area contributed by atoms with Crippen molar-refractivity contribution in [2.75, 3.05) is 25.4 Å². The highest BCUT2D eigenvalue weighted by Gasteiger charge is 2.29. The Labute approximate surface area is 136 Å². The maximum absolute atomic E-state index is 11.9. The van der Waals surface area contributed by atoms with Crippen LogP contribution in [0.2, 0.25) is 0 Å². The summed E-state index contributed by atoms with van der Waals surface area (Å²) in [7, 11) is -3.21. The van der Waals surface area contributed by atoms with Gasteiger partial charge in [0.25, 0.3) is 0 Å². The molecule has 3 rings (SSSR count). The summed E-state index contributed by atoms with van der Waals surface area (Å²) in [6.45, 7) is 0.880. The molecular formula is C17H20N2O3S. The zero-order valence-electron chi connectivity index (χ0n) is 12.9. The number of rotatable bonds is 5. The molecule has 1 saturated heterocycles. The lowest BCUT2D eigenvalue weighted by Gasteiger charge is -2.13. The molecule has 6 heteroatoms. The lowest BCUT2D eigenvalue weighted by molar-refractivity contribution is -0.121. The van der Waals surface area contributed by atoms with E-state index in [1.54, 1.807) is 0 Å². The quantitative estimate of drug-likeness (QED) is 0.903. The number of benzene rings is 2. The SMILES string of the molecule is O=C(CN1CCCS1(=O)=O)NCCc1ccc2ccccc2c1. The van der Waals surface area contributed by atoms with Gasteiger partial charge < -0.3 is 5.32 Å². The van der Waals surface area contributed by atoms with E-state index in [1.807, 2.05) is 12.1 Å². The Balaban J connectivity index is 1.51. The van der Waals surface area contributed by atoms with Crippen LogP contribution in [-0.4, -0.2) is 44.0 Å². The molecule has 0 atom stereocenters. The predicted molar refractivity (Wildman–Crippen MR) is 90.6 cm³/mol. The van der Waals surface area contributed by atoms with E-state index in [0.29, 0.717) is 19.5 Å². The molecule has 0 aromatic heterocycles. The van der Waals surface area contributed by atoms with E-state index in [9.17, 15) is 13.2 Å². The molecule has 5 nitrogen and oxygen atoms in total. The molecule has 0 aliphatic carbocycles. The van der Waals surface area contributed by atoms with Crippen LogP contribution in [0, 0.1) is 0 Å². The molecule has 0 bridgehead atoms. The van der Waals surface area contributed by atoms with Gasteiger partial charge in [0.1, 0.15) is 0 Å². The van der Waals surface area contributed by atoms with Crippen LogP contribution in [0.1, 0.15) is 12.0 Å². The number of amides is 1. The van der Waals surface area contributed by atoms with Crippen LogP contribution >= 0.6 is 0 Å². The second-order valence-corrected chi connectivity index (χ2v) is 7.87. The Hall–Kier alpha value is -1.92. The molecule has 0 unspecified atom stereocenters. The van der Waals surface area contributed by atoms with Crippen LogP contribution in [0.5, 0.6) is 0 Å². The van der Waals surface area contributed by atoms with Crippen molar-refractivity contribution in [1.29, 1.82) is 0 Å². The average molecular weight is 332 g/mol. The first-order valence-electron chi connectivity index (χ1n) is 7.77. The molecule has 1 heterocycles. The fraction of sp³-hybridized carbons (Fsp3) is 0.353. The van der Waals surface area contributed by atoms with Crippen molar-refractivity contribution in [2.45, 2.75) is 12.8 Å². The van der Waals surface area contributed by atoms with Gasteiger partial charge in [0, 0.05) is 13.1 Å². The van der Waals surface area contributed by atoms with Crippen LogP contribution in [0.4, 0.5) is 0 Å². The molecule has 1 N–H and O–H groups in total. The molecule has 122 valence electrons. The Morgan fingerprint density at radius 2 is 1.91 bits per heavy atom. The fourth-order valence-corrected chi connectivity index (χ4v) is 4.30. The largest absolute Gasteiger partial charge is 0.355 e. The van der Waals surface area contributed by atoms with Crippen LogP contribution in [0.15, 0.2) is 42.5 Å². The summed E-state index contributed by atoms with van der Waals surface area (Å²) in [6.07, 6.45) is 1.33. The number of nitrogens with one attached hydrogen (secondary N) is 1. The van der Waals surface area contributed by atoms with Crippen LogP contribution < -0.4 is 5.32 Å². The van der Waals surface area contributed by atoms with Gasteiger partial charge in [-0.25, -0.2) is 8.42 Å². The van der Waals surface area contributed by atoms with Gasteiger partial charge >= 0.3 is 0 Å². The number of carbonyl (C=O) groups is 1. The van der Waals surface area contributed by atoms with Crippen molar-refractivity contribution in [1.82, 2.24) is 9.62 Å². The molecule has 23 heavy (non-hydrogen) atoms. The molecule has 2 aromatic carbocycles. The predicted octanol–water partition coefficient (Wildman–Crippen LogP) is 1.53. The van der Waals surface area contributed by atoms with Crippen molar-refractivity contribution in [3.8, 4) is 0 Å². The van der Waals surface area contributed by atoms with E-state index >= 15 is 0 Å². The van der Waals surface area contributed by atoms with Crippen molar-refractivity contribution in [3.05, 3.63) is 48.0 Å². The van der Waals surface area contributed by atoms with Gasteiger partial charge in [-0.2, -0.15) is 4.31 Å². The summed E-state index contributed by atoms with van der Waals surface area (Å²) in [5.74, 6) is -0.0894. The van der Waals surface area contributed by atoms with E-state index in [1.165, 1.54) is 15.1 Å². The normalized spacial score (nSPS) is 17.4. The third-order valence-corrected chi connectivity index (χ3v) is 5.98. The molecule has 1 aliphatic heterocycles. The summed E-state index contributed by atoms with van der Waals surface area (Å²) in [5, 5.41) is 5.17. The minimum atomic E-state index is -3.21. The Kier molecular flexibility index (Phi) is 4.63. The van der Waals surface area contributed by atoms with Gasteiger partial charge in [0.2, 0.25) is 15.9 Å². The molecule has 1 fully saturated rings. The second kappa shape index (κ2) is 6.68.